The number of hydrogen-bond acceptors (Lipinski definition) is 4. The summed E-state index contributed by atoms with van der Waals surface area (Å²) in [5.74, 6) is 1.53. The van der Waals surface area contributed by atoms with Crippen LogP contribution < -0.4 is 14.4 Å². The van der Waals surface area contributed by atoms with Gasteiger partial charge in [0.15, 0.2) is 11.5 Å². The zero-order valence-corrected chi connectivity index (χ0v) is 12.5. The standard InChI is InChI=1S/C15H13NO2S2/c1-20-15(19)16(11-5-3-2-4-6-11)12-7-8-13-14(9-12)18-10-17-13/h2-9H,10H2,1H3. The molecule has 0 saturated heterocycles. The minimum atomic E-state index is 0.275. The Morgan fingerprint density at radius 2 is 1.80 bits per heavy atom. The zero-order chi connectivity index (χ0) is 13.9. The number of nitrogens with zero attached hydrogens (tertiary/aromatic N) is 1. The molecule has 0 aromatic heterocycles. The summed E-state index contributed by atoms with van der Waals surface area (Å²) in [6, 6.07) is 15.9. The quantitative estimate of drug-likeness (QED) is 0.773. The van der Waals surface area contributed by atoms with E-state index in [9.17, 15) is 0 Å². The van der Waals surface area contributed by atoms with Crippen LogP contribution in [0.15, 0.2) is 48.5 Å². The molecule has 1 aliphatic heterocycles. The van der Waals surface area contributed by atoms with E-state index in [1.807, 2.05) is 59.7 Å². The minimum absolute atomic E-state index is 0.275. The number of thiocarbonyl (C=S) groups is 1. The van der Waals surface area contributed by atoms with E-state index in [1.165, 1.54) is 0 Å². The van der Waals surface area contributed by atoms with Crippen molar-refractivity contribution >= 4 is 39.7 Å². The lowest BCUT2D eigenvalue weighted by Crippen LogP contribution is -2.20. The van der Waals surface area contributed by atoms with Gasteiger partial charge >= 0.3 is 0 Å². The molecule has 0 unspecified atom stereocenters. The molecular formula is C15H13NO2S2. The van der Waals surface area contributed by atoms with Gasteiger partial charge in [-0.15, -0.1) is 0 Å². The van der Waals surface area contributed by atoms with Gasteiger partial charge in [-0.3, -0.25) is 4.90 Å². The largest absolute Gasteiger partial charge is 0.454 e. The third kappa shape index (κ3) is 2.46. The average Bonchev–Trinajstić information content (AvgIpc) is 2.96. The van der Waals surface area contributed by atoms with Crippen LogP contribution in [0, 0.1) is 0 Å². The van der Waals surface area contributed by atoms with Crippen molar-refractivity contribution < 1.29 is 9.47 Å². The first-order valence-corrected chi connectivity index (χ1v) is 7.75. The Balaban J connectivity index is 2.04. The van der Waals surface area contributed by atoms with Gasteiger partial charge in [-0.25, -0.2) is 0 Å². The van der Waals surface area contributed by atoms with Crippen molar-refractivity contribution in [2.45, 2.75) is 0 Å². The molecule has 5 heteroatoms. The molecule has 0 saturated carbocycles. The molecule has 0 N–H and O–H groups in total. The van der Waals surface area contributed by atoms with Crippen molar-refractivity contribution in [3.8, 4) is 11.5 Å². The van der Waals surface area contributed by atoms with Gasteiger partial charge in [0.05, 0.1) is 5.69 Å². The second kappa shape index (κ2) is 5.73. The Morgan fingerprint density at radius 3 is 2.55 bits per heavy atom. The van der Waals surface area contributed by atoms with Gasteiger partial charge in [-0.05, 0) is 30.5 Å². The Hall–Kier alpha value is -1.72. The predicted molar refractivity (Wildman–Crippen MR) is 87.3 cm³/mol. The summed E-state index contributed by atoms with van der Waals surface area (Å²) >= 11 is 7.03. The number of para-hydroxylation sites is 1. The molecule has 0 fully saturated rings. The molecule has 0 radical (unpaired) electrons. The molecule has 3 rings (SSSR count). The first kappa shape index (κ1) is 13.3. The molecule has 0 spiro atoms. The van der Waals surface area contributed by atoms with Crippen molar-refractivity contribution in [1.82, 2.24) is 0 Å². The van der Waals surface area contributed by atoms with Crippen LogP contribution >= 0.6 is 24.0 Å². The highest BCUT2D eigenvalue weighted by molar-refractivity contribution is 8.23. The lowest BCUT2D eigenvalue weighted by molar-refractivity contribution is 0.174. The van der Waals surface area contributed by atoms with Crippen LogP contribution in [0.5, 0.6) is 11.5 Å². The highest BCUT2D eigenvalue weighted by Crippen LogP contribution is 2.38. The molecule has 0 bridgehead atoms. The average molecular weight is 303 g/mol. The van der Waals surface area contributed by atoms with Crippen LogP contribution in [0.25, 0.3) is 0 Å². The highest BCUT2D eigenvalue weighted by Gasteiger charge is 2.19. The summed E-state index contributed by atoms with van der Waals surface area (Å²) in [6.45, 7) is 0.275. The molecule has 2 aromatic rings. The number of fused-ring (bicyclic) bond motifs is 1. The fourth-order valence-corrected chi connectivity index (χ4v) is 2.66. The Labute approximate surface area is 127 Å². The lowest BCUT2D eigenvalue weighted by atomic mass is 10.2. The molecule has 102 valence electrons. The molecule has 0 atom stereocenters. The minimum Gasteiger partial charge on any atom is -0.454 e. The number of anilines is 2. The molecule has 3 nitrogen and oxygen atoms in total. The summed E-state index contributed by atoms with van der Waals surface area (Å²) in [5.41, 5.74) is 2.01. The number of benzene rings is 2. The molecule has 0 aliphatic carbocycles. The van der Waals surface area contributed by atoms with E-state index in [0.29, 0.717) is 0 Å². The lowest BCUT2D eigenvalue weighted by Gasteiger charge is -2.24. The molecule has 1 aliphatic rings. The Morgan fingerprint density at radius 1 is 1.05 bits per heavy atom. The first-order valence-electron chi connectivity index (χ1n) is 6.12. The van der Waals surface area contributed by atoms with Crippen LogP contribution in [-0.2, 0) is 0 Å². The van der Waals surface area contributed by atoms with Gasteiger partial charge in [-0.2, -0.15) is 0 Å². The van der Waals surface area contributed by atoms with E-state index < -0.39 is 0 Å². The van der Waals surface area contributed by atoms with Crippen LogP contribution in [0.4, 0.5) is 11.4 Å². The van der Waals surface area contributed by atoms with Gasteiger partial charge in [0.2, 0.25) is 6.79 Å². The van der Waals surface area contributed by atoms with E-state index in [2.05, 4.69) is 0 Å². The normalized spacial score (nSPS) is 12.2. The molecule has 2 aromatic carbocycles. The monoisotopic (exact) mass is 303 g/mol. The maximum absolute atomic E-state index is 5.49. The summed E-state index contributed by atoms with van der Waals surface area (Å²) in [6.07, 6.45) is 1.98. The van der Waals surface area contributed by atoms with E-state index in [0.717, 1.165) is 27.2 Å². The fraction of sp³-hybridized carbons (Fsp3) is 0.133. The van der Waals surface area contributed by atoms with E-state index in [1.54, 1.807) is 11.8 Å². The number of ether oxygens (including phenoxy) is 2. The van der Waals surface area contributed by atoms with Crippen LogP contribution in [0.2, 0.25) is 0 Å². The second-order valence-corrected chi connectivity index (χ2v) is 5.62. The van der Waals surface area contributed by atoms with Crippen LogP contribution in [-0.4, -0.2) is 17.4 Å². The summed E-state index contributed by atoms with van der Waals surface area (Å²) in [5, 5.41) is 0. The van der Waals surface area contributed by atoms with Crippen LogP contribution in [0.3, 0.4) is 0 Å². The van der Waals surface area contributed by atoms with Crippen molar-refractivity contribution in [1.29, 1.82) is 0 Å². The number of rotatable bonds is 2. The van der Waals surface area contributed by atoms with Crippen molar-refractivity contribution in [2.75, 3.05) is 17.9 Å². The molecular weight excluding hydrogens is 290 g/mol. The molecule has 1 heterocycles. The van der Waals surface area contributed by atoms with Gasteiger partial charge < -0.3 is 9.47 Å². The van der Waals surface area contributed by atoms with Gasteiger partial charge in [0.1, 0.15) is 4.32 Å². The van der Waals surface area contributed by atoms with Crippen LogP contribution in [0.1, 0.15) is 0 Å². The van der Waals surface area contributed by atoms with Gasteiger partial charge in [0.25, 0.3) is 0 Å². The maximum atomic E-state index is 5.49. The van der Waals surface area contributed by atoms with Crippen molar-refractivity contribution in [2.24, 2.45) is 0 Å². The summed E-state index contributed by atoms with van der Waals surface area (Å²) in [4.78, 5) is 2.03. The van der Waals surface area contributed by atoms with E-state index >= 15 is 0 Å². The second-order valence-electron chi connectivity index (χ2n) is 4.18. The van der Waals surface area contributed by atoms with Gasteiger partial charge in [0, 0.05) is 11.8 Å². The van der Waals surface area contributed by atoms with Crippen molar-refractivity contribution in [3.05, 3.63) is 48.5 Å². The maximum Gasteiger partial charge on any atom is 0.231 e. The summed E-state index contributed by atoms with van der Waals surface area (Å²) in [7, 11) is 0. The Bertz CT molecular complexity index is 631. The third-order valence-electron chi connectivity index (χ3n) is 2.99. The fourth-order valence-electron chi connectivity index (χ4n) is 2.05. The third-order valence-corrected chi connectivity index (χ3v) is 4.20. The number of hydrogen-bond donors (Lipinski definition) is 0. The molecule has 20 heavy (non-hydrogen) atoms. The first-order chi connectivity index (χ1) is 9.79. The topological polar surface area (TPSA) is 21.7 Å². The Kier molecular flexibility index (Phi) is 3.80. The highest BCUT2D eigenvalue weighted by atomic mass is 32.2. The molecule has 0 amide bonds. The zero-order valence-electron chi connectivity index (χ0n) is 10.9. The summed E-state index contributed by atoms with van der Waals surface area (Å²) < 4.78 is 11.6. The smallest absolute Gasteiger partial charge is 0.231 e. The number of thioether (sulfide) groups is 1. The van der Waals surface area contributed by atoms with E-state index in [-0.39, 0.29) is 6.79 Å². The van der Waals surface area contributed by atoms with Crippen molar-refractivity contribution in [3.63, 3.8) is 0 Å². The van der Waals surface area contributed by atoms with Gasteiger partial charge in [-0.1, -0.05) is 42.2 Å². The SMILES string of the molecule is CSC(=S)N(c1ccccc1)c1ccc2c(c1)OCO2. The van der Waals surface area contributed by atoms with E-state index in [4.69, 9.17) is 21.7 Å². The predicted octanol–water partition coefficient (Wildman–Crippen LogP) is 4.20.